The van der Waals surface area contributed by atoms with Crippen LogP contribution in [0.3, 0.4) is 0 Å². The van der Waals surface area contributed by atoms with Gasteiger partial charge in [0.15, 0.2) is 5.82 Å². The molecule has 0 aliphatic heterocycles. The lowest BCUT2D eigenvalue weighted by Gasteiger charge is -1.99. The van der Waals surface area contributed by atoms with E-state index in [9.17, 15) is 4.39 Å². The summed E-state index contributed by atoms with van der Waals surface area (Å²) < 4.78 is 12.9. The average molecular weight is 313 g/mol. The first kappa shape index (κ1) is 14.8. The zero-order valence-electron chi connectivity index (χ0n) is 12.2. The zero-order valence-corrected chi connectivity index (χ0v) is 13.0. The van der Waals surface area contributed by atoms with Gasteiger partial charge in [0.05, 0.1) is 0 Å². The summed E-state index contributed by atoms with van der Waals surface area (Å²) >= 11 is 1.53. The van der Waals surface area contributed by atoms with E-state index in [0.29, 0.717) is 10.9 Å². The van der Waals surface area contributed by atoms with Crippen LogP contribution in [0.1, 0.15) is 18.1 Å². The van der Waals surface area contributed by atoms with E-state index in [4.69, 9.17) is 0 Å². The molecule has 22 heavy (non-hydrogen) atoms. The number of aryl methyl sites for hydroxylation is 1. The van der Waals surface area contributed by atoms with E-state index in [1.165, 1.54) is 29.5 Å². The summed E-state index contributed by atoms with van der Waals surface area (Å²) in [5.74, 6) is 1.26. The third-order valence-corrected chi connectivity index (χ3v) is 4.30. The van der Waals surface area contributed by atoms with Crippen LogP contribution in [0.15, 0.2) is 53.7 Å². The number of nitrogens with zero attached hydrogens (tertiary/aromatic N) is 2. The maximum absolute atomic E-state index is 12.9. The number of hydrogen-bond acceptors (Lipinski definition) is 3. The van der Waals surface area contributed by atoms with Gasteiger partial charge in [0.25, 0.3) is 0 Å². The summed E-state index contributed by atoms with van der Waals surface area (Å²) in [5, 5.41) is 7.88. The molecule has 3 nitrogen and oxygen atoms in total. The third-order valence-electron chi connectivity index (χ3n) is 3.38. The minimum absolute atomic E-state index is 0.218. The van der Waals surface area contributed by atoms with E-state index >= 15 is 0 Å². The highest BCUT2D eigenvalue weighted by atomic mass is 32.2. The first-order valence-electron chi connectivity index (χ1n) is 7.13. The third kappa shape index (κ3) is 3.54. The Labute approximate surface area is 133 Å². The van der Waals surface area contributed by atoms with Gasteiger partial charge in [-0.25, -0.2) is 9.37 Å². The molecule has 1 aromatic heterocycles. The van der Waals surface area contributed by atoms with Crippen LogP contribution in [0.2, 0.25) is 0 Å². The van der Waals surface area contributed by atoms with E-state index in [1.807, 2.05) is 12.1 Å². The van der Waals surface area contributed by atoms with Gasteiger partial charge in [-0.2, -0.15) is 0 Å². The van der Waals surface area contributed by atoms with E-state index in [-0.39, 0.29) is 5.82 Å². The molecule has 2 aromatic carbocycles. The second-order valence-corrected chi connectivity index (χ2v) is 5.87. The second kappa shape index (κ2) is 6.75. The van der Waals surface area contributed by atoms with E-state index in [2.05, 4.69) is 34.2 Å². The summed E-state index contributed by atoms with van der Waals surface area (Å²) in [6.45, 7) is 2.13. The standard InChI is InChI=1S/C17H16FN3S/c1-2-12-3-7-14(8-4-12)16-19-17(21-20-16)22-11-13-5-9-15(18)10-6-13/h3-10H,2,11H2,1H3,(H,19,20,21). The molecule has 0 aliphatic carbocycles. The van der Waals surface area contributed by atoms with Crippen molar-refractivity contribution in [3.8, 4) is 11.4 Å². The summed E-state index contributed by atoms with van der Waals surface area (Å²) in [6.07, 6.45) is 1.02. The van der Waals surface area contributed by atoms with Crippen LogP contribution < -0.4 is 0 Å². The number of aromatic amines is 1. The lowest BCUT2D eigenvalue weighted by molar-refractivity contribution is 0.627. The van der Waals surface area contributed by atoms with Crippen molar-refractivity contribution in [2.75, 3.05) is 0 Å². The van der Waals surface area contributed by atoms with Gasteiger partial charge in [-0.1, -0.05) is 55.1 Å². The predicted molar refractivity (Wildman–Crippen MR) is 87.2 cm³/mol. The van der Waals surface area contributed by atoms with Gasteiger partial charge in [0, 0.05) is 11.3 Å². The smallest absolute Gasteiger partial charge is 0.209 e. The molecule has 0 bridgehead atoms. The number of thioether (sulfide) groups is 1. The molecule has 0 amide bonds. The van der Waals surface area contributed by atoms with Crippen molar-refractivity contribution in [1.29, 1.82) is 0 Å². The van der Waals surface area contributed by atoms with Crippen molar-refractivity contribution in [3.05, 3.63) is 65.5 Å². The minimum Gasteiger partial charge on any atom is -0.258 e. The van der Waals surface area contributed by atoms with Crippen molar-refractivity contribution in [2.24, 2.45) is 0 Å². The Morgan fingerprint density at radius 2 is 1.68 bits per heavy atom. The van der Waals surface area contributed by atoms with Crippen molar-refractivity contribution >= 4 is 11.8 Å². The van der Waals surface area contributed by atoms with Crippen LogP contribution in [0.4, 0.5) is 4.39 Å². The number of aromatic nitrogens is 3. The summed E-state index contributed by atoms with van der Waals surface area (Å²) in [6, 6.07) is 14.8. The largest absolute Gasteiger partial charge is 0.258 e. The number of hydrogen-bond donors (Lipinski definition) is 1. The Balaban J connectivity index is 1.66. The molecule has 0 fully saturated rings. The normalized spacial score (nSPS) is 10.8. The topological polar surface area (TPSA) is 41.6 Å². The molecule has 3 rings (SSSR count). The second-order valence-electron chi connectivity index (χ2n) is 4.93. The van der Waals surface area contributed by atoms with Crippen molar-refractivity contribution in [1.82, 2.24) is 15.2 Å². The molecule has 0 unspecified atom stereocenters. The predicted octanol–water partition coefficient (Wildman–Crippen LogP) is 4.47. The highest BCUT2D eigenvalue weighted by Gasteiger charge is 2.06. The molecular weight excluding hydrogens is 297 g/mol. The highest BCUT2D eigenvalue weighted by molar-refractivity contribution is 7.98. The van der Waals surface area contributed by atoms with Gasteiger partial charge in [-0.05, 0) is 29.7 Å². The molecule has 0 saturated carbocycles. The number of H-pyrrole nitrogens is 1. The molecule has 3 aromatic rings. The summed E-state index contributed by atoms with van der Waals surface area (Å²) in [4.78, 5) is 4.49. The molecule has 0 saturated heterocycles. The molecule has 0 aliphatic rings. The van der Waals surface area contributed by atoms with E-state index in [1.54, 1.807) is 12.1 Å². The van der Waals surface area contributed by atoms with Gasteiger partial charge in [0.1, 0.15) is 5.82 Å². The molecule has 0 spiro atoms. The van der Waals surface area contributed by atoms with Crippen molar-refractivity contribution in [3.63, 3.8) is 0 Å². The van der Waals surface area contributed by atoms with Crippen LogP contribution in [-0.4, -0.2) is 15.2 Å². The number of nitrogens with one attached hydrogen (secondary N) is 1. The first-order chi connectivity index (χ1) is 10.7. The van der Waals surface area contributed by atoms with Crippen LogP contribution in [0.5, 0.6) is 0 Å². The number of halogens is 1. The molecule has 0 atom stereocenters. The SMILES string of the molecule is CCc1ccc(-c2nc(SCc3ccc(F)cc3)n[nH]2)cc1. The Kier molecular flexibility index (Phi) is 4.53. The van der Waals surface area contributed by atoms with Gasteiger partial charge < -0.3 is 0 Å². The molecule has 0 radical (unpaired) electrons. The molecule has 5 heteroatoms. The monoisotopic (exact) mass is 313 g/mol. The lowest BCUT2D eigenvalue weighted by atomic mass is 10.1. The van der Waals surface area contributed by atoms with Crippen molar-refractivity contribution in [2.45, 2.75) is 24.3 Å². The average Bonchev–Trinajstić information content (AvgIpc) is 3.03. The number of rotatable bonds is 5. The van der Waals surface area contributed by atoms with Crippen LogP contribution >= 0.6 is 11.8 Å². The van der Waals surface area contributed by atoms with Gasteiger partial charge >= 0.3 is 0 Å². The number of benzene rings is 2. The Morgan fingerprint density at radius 3 is 2.36 bits per heavy atom. The zero-order chi connectivity index (χ0) is 15.4. The van der Waals surface area contributed by atoms with Gasteiger partial charge in [0.2, 0.25) is 5.16 Å². The van der Waals surface area contributed by atoms with Crippen LogP contribution in [-0.2, 0) is 12.2 Å². The van der Waals surface area contributed by atoms with Gasteiger partial charge in [-0.3, -0.25) is 5.10 Å². The molecule has 112 valence electrons. The summed E-state index contributed by atoms with van der Waals surface area (Å²) in [5.41, 5.74) is 3.37. The fourth-order valence-corrected chi connectivity index (χ4v) is 2.82. The molecule has 1 N–H and O–H groups in total. The fourth-order valence-electron chi connectivity index (χ4n) is 2.07. The van der Waals surface area contributed by atoms with Crippen molar-refractivity contribution < 1.29 is 4.39 Å². The highest BCUT2D eigenvalue weighted by Crippen LogP contribution is 2.22. The van der Waals surface area contributed by atoms with E-state index < -0.39 is 0 Å². The maximum atomic E-state index is 12.9. The van der Waals surface area contributed by atoms with E-state index in [0.717, 1.165) is 23.4 Å². The summed E-state index contributed by atoms with van der Waals surface area (Å²) in [7, 11) is 0. The molecular formula is C17H16FN3S. The minimum atomic E-state index is -0.218. The van der Waals surface area contributed by atoms with Crippen LogP contribution in [0.25, 0.3) is 11.4 Å². The lowest BCUT2D eigenvalue weighted by Crippen LogP contribution is -1.84. The van der Waals surface area contributed by atoms with Crippen LogP contribution in [0, 0.1) is 5.82 Å². The van der Waals surface area contributed by atoms with Gasteiger partial charge in [-0.15, -0.1) is 5.10 Å². The Hall–Kier alpha value is -2.14. The molecule has 1 heterocycles. The Morgan fingerprint density at radius 1 is 1.00 bits per heavy atom. The maximum Gasteiger partial charge on any atom is 0.209 e. The Bertz CT molecular complexity index is 735. The quantitative estimate of drug-likeness (QED) is 0.707. The fraction of sp³-hybridized carbons (Fsp3) is 0.176. The first-order valence-corrected chi connectivity index (χ1v) is 8.12.